The molecule has 0 radical (unpaired) electrons. The smallest absolute Gasteiger partial charge is 0.134 e. The molecule has 0 aliphatic rings. The van der Waals surface area contributed by atoms with Crippen LogP contribution in [0.5, 0.6) is 0 Å². The van der Waals surface area contributed by atoms with Crippen LogP contribution in [0.25, 0.3) is 0 Å². The number of hydrogen-bond acceptors (Lipinski definition) is 3. The lowest BCUT2D eigenvalue weighted by molar-refractivity contribution is 0.517. The van der Waals surface area contributed by atoms with Crippen molar-refractivity contribution in [3.63, 3.8) is 0 Å². The van der Waals surface area contributed by atoms with Crippen molar-refractivity contribution in [3.05, 3.63) is 0 Å². The first-order valence-corrected chi connectivity index (χ1v) is 3.97. The fourth-order valence-corrected chi connectivity index (χ4v) is 1.00. The summed E-state index contributed by atoms with van der Waals surface area (Å²) in [5.41, 5.74) is 0. The van der Waals surface area contributed by atoms with Gasteiger partial charge in [-0.25, -0.2) is 0 Å². The van der Waals surface area contributed by atoms with Crippen LogP contribution in [-0.2, 0) is 0 Å². The third kappa shape index (κ3) is 3.59. The molecule has 0 N–H and O–H groups in total. The lowest BCUT2D eigenvalue weighted by Crippen LogP contribution is -2.03. The molecule has 0 bridgehead atoms. The number of hydrogen-bond donors (Lipinski definition) is 0. The monoisotopic (exact) mass is 161 g/mol. The zero-order valence-corrected chi connectivity index (χ0v) is 7.12. The molecule has 0 amide bonds. The van der Waals surface area contributed by atoms with Gasteiger partial charge in [0.15, 0.2) is 0 Å². The highest BCUT2D eigenvalue weighted by molar-refractivity contribution is 5.02. The zero-order valence-electron chi connectivity index (χ0n) is 7.12. The van der Waals surface area contributed by atoms with Gasteiger partial charge in [-0.15, -0.1) is 0 Å². The second kappa shape index (κ2) is 6.20. The van der Waals surface area contributed by atoms with E-state index in [4.69, 9.17) is 15.8 Å². The molecule has 0 fully saturated rings. The van der Waals surface area contributed by atoms with Crippen LogP contribution in [-0.4, -0.2) is 0 Å². The van der Waals surface area contributed by atoms with Crippen LogP contribution in [0.1, 0.15) is 26.2 Å². The Kier molecular flexibility index (Phi) is 5.41. The maximum absolute atomic E-state index is 8.63. The van der Waals surface area contributed by atoms with Gasteiger partial charge in [0.1, 0.15) is 5.92 Å². The number of nitrogens with zero attached hydrogens (tertiary/aromatic N) is 3. The second-order valence-electron chi connectivity index (χ2n) is 2.66. The lowest BCUT2D eigenvalue weighted by Gasteiger charge is -2.05. The molecule has 0 saturated heterocycles. The topological polar surface area (TPSA) is 71.4 Å². The molecule has 0 aliphatic heterocycles. The van der Waals surface area contributed by atoms with Gasteiger partial charge in [-0.3, -0.25) is 0 Å². The van der Waals surface area contributed by atoms with Gasteiger partial charge in [0.05, 0.1) is 18.2 Å². The molecule has 12 heavy (non-hydrogen) atoms. The van der Waals surface area contributed by atoms with E-state index < -0.39 is 5.92 Å². The fourth-order valence-electron chi connectivity index (χ4n) is 1.00. The van der Waals surface area contributed by atoms with Crippen LogP contribution in [0.3, 0.4) is 0 Å². The molecule has 3 heteroatoms. The second-order valence-corrected chi connectivity index (χ2v) is 2.66. The summed E-state index contributed by atoms with van der Waals surface area (Å²) in [4.78, 5) is 0. The normalized spacial score (nSPS) is 11.2. The molecule has 0 rings (SSSR count). The molecule has 0 aliphatic carbocycles. The van der Waals surface area contributed by atoms with Crippen molar-refractivity contribution in [1.82, 2.24) is 0 Å². The Morgan fingerprint density at radius 1 is 1.08 bits per heavy atom. The molecule has 0 saturated carbocycles. The van der Waals surface area contributed by atoms with Crippen molar-refractivity contribution in [2.75, 3.05) is 0 Å². The maximum atomic E-state index is 8.63. The summed E-state index contributed by atoms with van der Waals surface area (Å²) in [5.74, 6) is -0.763. The standard InChI is InChI=1S/C9H11N3/c1-2-3-8(5-10)4-9(6-11)7-12/h8-9H,2-4H2,1H3. The summed E-state index contributed by atoms with van der Waals surface area (Å²) in [6.07, 6.45) is 2.08. The minimum atomic E-state index is -0.624. The third-order valence-corrected chi connectivity index (χ3v) is 1.65. The molecule has 0 aromatic carbocycles. The Labute approximate surface area is 72.8 Å². The quantitative estimate of drug-likeness (QED) is 0.632. The Morgan fingerprint density at radius 3 is 2.00 bits per heavy atom. The third-order valence-electron chi connectivity index (χ3n) is 1.65. The van der Waals surface area contributed by atoms with E-state index in [2.05, 4.69) is 6.07 Å². The molecule has 0 aromatic heterocycles. The summed E-state index contributed by atoms with van der Waals surface area (Å²) in [6.45, 7) is 1.98. The highest BCUT2D eigenvalue weighted by atomic mass is 14.3. The van der Waals surface area contributed by atoms with E-state index in [0.717, 1.165) is 12.8 Å². The Bertz CT molecular complexity index is 224. The van der Waals surface area contributed by atoms with Gasteiger partial charge in [-0.1, -0.05) is 13.3 Å². The minimum absolute atomic E-state index is 0.140. The van der Waals surface area contributed by atoms with E-state index in [-0.39, 0.29) is 5.92 Å². The van der Waals surface area contributed by atoms with Crippen LogP contribution in [0.4, 0.5) is 0 Å². The predicted octanol–water partition coefficient (Wildman–Crippen LogP) is 1.98. The van der Waals surface area contributed by atoms with Gasteiger partial charge in [0.2, 0.25) is 0 Å². The Hall–Kier alpha value is -1.53. The number of nitriles is 3. The van der Waals surface area contributed by atoms with Crippen LogP contribution in [0.2, 0.25) is 0 Å². The van der Waals surface area contributed by atoms with Crippen molar-refractivity contribution in [1.29, 1.82) is 15.8 Å². The molecule has 1 atom stereocenters. The van der Waals surface area contributed by atoms with Crippen molar-refractivity contribution >= 4 is 0 Å². The van der Waals surface area contributed by atoms with E-state index in [1.165, 1.54) is 0 Å². The van der Waals surface area contributed by atoms with Gasteiger partial charge >= 0.3 is 0 Å². The first-order chi connectivity index (χ1) is 5.78. The molecule has 3 nitrogen and oxygen atoms in total. The summed E-state index contributed by atoms with van der Waals surface area (Å²) < 4.78 is 0. The fraction of sp³-hybridized carbons (Fsp3) is 0.667. The first-order valence-electron chi connectivity index (χ1n) is 3.97. The average molecular weight is 161 g/mol. The van der Waals surface area contributed by atoms with E-state index in [0.29, 0.717) is 6.42 Å². The van der Waals surface area contributed by atoms with Crippen LogP contribution >= 0.6 is 0 Å². The van der Waals surface area contributed by atoms with Gasteiger partial charge in [0.25, 0.3) is 0 Å². The SMILES string of the molecule is CCCC(C#N)CC(C#N)C#N. The zero-order chi connectivity index (χ0) is 9.40. The van der Waals surface area contributed by atoms with Crippen molar-refractivity contribution in [2.24, 2.45) is 11.8 Å². The van der Waals surface area contributed by atoms with Gasteiger partial charge < -0.3 is 0 Å². The molecule has 0 aromatic rings. The van der Waals surface area contributed by atoms with Crippen molar-refractivity contribution in [2.45, 2.75) is 26.2 Å². The average Bonchev–Trinajstić information content (AvgIpc) is 2.12. The minimum Gasteiger partial charge on any atom is -0.198 e. The van der Waals surface area contributed by atoms with Gasteiger partial charge in [-0.05, 0) is 12.8 Å². The molecule has 0 spiro atoms. The molecule has 1 unspecified atom stereocenters. The van der Waals surface area contributed by atoms with Crippen LogP contribution in [0.15, 0.2) is 0 Å². The molecule has 62 valence electrons. The lowest BCUT2D eigenvalue weighted by atomic mass is 9.94. The van der Waals surface area contributed by atoms with E-state index in [1.807, 2.05) is 19.1 Å². The van der Waals surface area contributed by atoms with Crippen molar-refractivity contribution in [3.8, 4) is 18.2 Å². The van der Waals surface area contributed by atoms with Crippen LogP contribution in [0, 0.1) is 45.8 Å². The van der Waals surface area contributed by atoms with Gasteiger partial charge in [0, 0.05) is 5.92 Å². The Balaban J connectivity index is 3.97. The van der Waals surface area contributed by atoms with Crippen LogP contribution < -0.4 is 0 Å². The Morgan fingerprint density at radius 2 is 1.67 bits per heavy atom. The molecular weight excluding hydrogens is 150 g/mol. The highest BCUT2D eigenvalue weighted by Crippen LogP contribution is 2.15. The largest absolute Gasteiger partial charge is 0.198 e. The molecular formula is C9H11N3. The summed E-state index contributed by atoms with van der Waals surface area (Å²) in [7, 11) is 0. The van der Waals surface area contributed by atoms with E-state index in [1.54, 1.807) is 0 Å². The maximum Gasteiger partial charge on any atom is 0.134 e. The summed E-state index contributed by atoms with van der Waals surface area (Å²) in [6, 6.07) is 5.83. The van der Waals surface area contributed by atoms with Crippen molar-refractivity contribution < 1.29 is 0 Å². The molecule has 0 heterocycles. The predicted molar refractivity (Wildman–Crippen MR) is 43.3 cm³/mol. The summed E-state index contributed by atoms with van der Waals surface area (Å²) >= 11 is 0. The van der Waals surface area contributed by atoms with E-state index >= 15 is 0 Å². The first kappa shape index (κ1) is 10.5. The summed E-state index contributed by atoms with van der Waals surface area (Å²) in [5, 5.41) is 25.5. The highest BCUT2D eigenvalue weighted by Gasteiger charge is 2.13. The number of rotatable bonds is 4. The van der Waals surface area contributed by atoms with E-state index in [9.17, 15) is 0 Å². The van der Waals surface area contributed by atoms with Gasteiger partial charge in [-0.2, -0.15) is 15.8 Å².